The highest BCUT2D eigenvalue weighted by Gasteiger charge is 2.27. The second kappa shape index (κ2) is 8.32. The lowest BCUT2D eigenvalue weighted by Crippen LogP contribution is -2.15. The molecule has 0 saturated heterocycles. The monoisotopic (exact) mass is 410 g/mol. The summed E-state index contributed by atoms with van der Waals surface area (Å²) in [7, 11) is 3.43. The van der Waals surface area contributed by atoms with E-state index in [2.05, 4.69) is 0 Å². The Balaban J connectivity index is 1.31. The number of hydrogen-bond acceptors (Lipinski definition) is 6. The molecule has 0 spiro atoms. The summed E-state index contributed by atoms with van der Waals surface area (Å²) in [6.45, 7) is 1.40. The lowest BCUT2D eigenvalue weighted by Gasteiger charge is -2.22. The van der Waals surface area contributed by atoms with Gasteiger partial charge in [-0.1, -0.05) is 0 Å². The van der Waals surface area contributed by atoms with Crippen LogP contribution in [0.3, 0.4) is 0 Å². The molecule has 3 heterocycles. The van der Waals surface area contributed by atoms with Gasteiger partial charge in [0.25, 0.3) is 0 Å². The fraction of sp³-hybridized carbons (Fsp3) is 0.583. The smallest absolute Gasteiger partial charge is 0.220 e. The van der Waals surface area contributed by atoms with Crippen LogP contribution in [0.2, 0.25) is 0 Å². The summed E-state index contributed by atoms with van der Waals surface area (Å²) in [4.78, 5) is 9.60. The summed E-state index contributed by atoms with van der Waals surface area (Å²) in [5, 5.41) is 0. The number of fused-ring (bicyclic) bond motifs is 4. The van der Waals surface area contributed by atoms with E-state index in [9.17, 15) is 0 Å². The Bertz CT molecular complexity index is 957. The van der Waals surface area contributed by atoms with E-state index in [4.69, 9.17) is 28.9 Å². The fourth-order valence-electron chi connectivity index (χ4n) is 5.12. The Morgan fingerprint density at radius 3 is 2.33 bits per heavy atom. The SMILES string of the molecule is COc1nc2c(c(OC)c1CCCOc1nc3c(c4c1CCCO4)CCC3)CCC2. The fourth-order valence-corrected chi connectivity index (χ4v) is 5.12. The largest absolute Gasteiger partial charge is 0.496 e. The summed E-state index contributed by atoms with van der Waals surface area (Å²) in [6.07, 6.45) is 10.1. The molecule has 30 heavy (non-hydrogen) atoms. The first-order valence-corrected chi connectivity index (χ1v) is 11.2. The molecule has 1 aliphatic heterocycles. The average molecular weight is 411 g/mol. The predicted molar refractivity (Wildman–Crippen MR) is 113 cm³/mol. The number of nitrogens with zero attached hydrogens (tertiary/aromatic N) is 2. The first-order chi connectivity index (χ1) is 14.8. The lowest BCUT2D eigenvalue weighted by molar-refractivity contribution is 0.261. The lowest BCUT2D eigenvalue weighted by atomic mass is 10.0. The molecule has 160 valence electrons. The highest BCUT2D eigenvalue weighted by molar-refractivity contribution is 5.52. The molecular weight excluding hydrogens is 380 g/mol. The molecule has 0 atom stereocenters. The van der Waals surface area contributed by atoms with Crippen LogP contribution >= 0.6 is 0 Å². The van der Waals surface area contributed by atoms with E-state index < -0.39 is 0 Å². The Morgan fingerprint density at radius 1 is 0.800 bits per heavy atom. The van der Waals surface area contributed by atoms with Gasteiger partial charge >= 0.3 is 0 Å². The molecule has 5 rings (SSSR count). The minimum absolute atomic E-state index is 0.599. The van der Waals surface area contributed by atoms with Crippen LogP contribution in [0, 0.1) is 0 Å². The van der Waals surface area contributed by atoms with Crippen molar-refractivity contribution >= 4 is 0 Å². The van der Waals surface area contributed by atoms with Crippen molar-refractivity contribution in [2.45, 2.75) is 64.2 Å². The van der Waals surface area contributed by atoms with Gasteiger partial charge in [-0.25, -0.2) is 9.97 Å². The van der Waals surface area contributed by atoms with Gasteiger partial charge in [0.05, 0.1) is 49.9 Å². The van der Waals surface area contributed by atoms with Gasteiger partial charge in [-0.05, 0) is 64.2 Å². The van der Waals surface area contributed by atoms with E-state index >= 15 is 0 Å². The van der Waals surface area contributed by atoms with Crippen molar-refractivity contribution in [1.82, 2.24) is 9.97 Å². The molecule has 2 aliphatic carbocycles. The number of rotatable bonds is 7. The predicted octanol–water partition coefficient (Wildman–Crippen LogP) is 3.81. The molecule has 3 aliphatic rings. The molecule has 2 aromatic rings. The van der Waals surface area contributed by atoms with Crippen molar-refractivity contribution in [2.75, 3.05) is 27.4 Å². The number of ether oxygens (including phenoxy) is 4. The van der Waals surface area contributed by atoms with Crippen molar-refractivity contribution in [3.8, 4) is 23.3 Å². The van der Waals surface area contributed by atoms with Crippen LogP contribution in [0.15, 0.2) is 0 Å². The zero-order valence-corrected chi connectivity index (χ0v) is 18.0. The van der Waals surface area contributed by atoms with Gasteiger partial charge in [-0.3, -0.25) is 0 Å². The van der Waals surface area contributed by atoms with Crippen LogP contribution < -0.4 is 18.9 Å². The molecule has 0 bridgehead atoms. The Morgan fingerprint density at radius 2 is 1.53 bits per heavy atom. The summed E-state index contributed by atoms with van der Waals surface area (Å²) in [5.41, 5.74) is 7.07. The van der Waals surface area contributed by atoms with E-state index in [1.165, 1.54) is 11.1 Å². The van der Waals surface area contributed by atoms with E-state index in [1.807, 2.05) is 0 Å². The van der Waals surface area contributed by atoms with Crippen LogP contribution in [-0.4, -0.2) is 37.4 Å². The van der Waals surface area contributed by atoms with Crippen molar-refractivity contribution in [3.63, 3.8) is 0 Å². The van der Waals surface area contributed by atoms with Crippen molar-refractivity contribution in [3.05, 3.63) is 33.6 Å². The highest BCUT2D eigenvalue weighted by atomic mass is 16.5. The number of aromatic nitrogens is 2. The third kappa shape index (κ3) is 3.36. The topological polar surface area (TPSA) is 62.7 Å². The van der Waals surface area contributed by atoms with Gasteiger partial charge in [0.2, 0.25) is 11.8 Å². The summed E-state index contributed by atoms with van der Waals surface area (Å²) < 4.78 is 23.6. The Labute approximate surface area is 177 Å². The normalized spacial score (nSPS) is 16.5. The third-order valence-electron chi connectivity index (χ3n) is 6.49. The molecule has 0 saturated carbocycles. The summed E-state index contributed by atoms with van der Waals surface area (Å²) in [5.74, 6) is 3.48. The van der Waals surface area contributed by atoms with Crippen LogP contribution in [0.5, 0.6) is 23.3 Å². The second-order valence-electron chi connectivity index (χ2n) is 8.32. The maximum Gasteiger partial charge on any atom is 0.220 e. The molecule has 0 unspecified atom stereocenters. The molecule has 6 nitrogen and oxygen atoms in total. The van der Waals surface area contributed by atoms with Gasteiger partial charge in [0.1, 0.15) is 11.5 Å². The van der Waals surface area contributed by atoms with Gasteiger partial charge < -0.3 is 18.9 Å². The van der Waals surface area contributed by atoms with Gasteiger partial charge in [0.15, 0.2) is 0 Å². The first kappa shape index (κ1) is 19.5. The van der Waals surface area contributed by atoms with Gasteiger partial charge in [0, 0.05) is 11.1 Å². The van der Waals surface area contributed by atoms with Gasteiger partial charge in [-0.15, -0.1) is 0 Å². The maximum absolute atomic E-state index is 6.20. The highest BCUT2D eigenvalue weighted by Crippen LogP contribution is 2.41. The zero-order valence-electron chi connectivity index (χ0n) is 18.0. The van der Waals surface area contributed by atoms with Gasteiger partial charge in [-0.2, -0.15) is 0 Å². The third-order valence-corrected chi connectivity index (χ3v) is 6.49. The molecule has 0 aromatic carbocycles. The minimum atomic E-state index is 0.599. The van der Waals surface area contributed by atoms with E-state index in [0.717, 1.165) is 111 Å². The molecule has 0 amide bonds. The second-order valence-corrected chi connectivity index (χ2v) is 8.32. The maximum atomic E-state index is 6.20. The van der Waals surface area contributed by atoms with Crippen LogP contribution in [0.4, 0.5) is 0 Å². The Kier molecular flexibility index (Phi) is 5.40. The summed E-state index contributed by atoms with van der Waals surface area (Å²) in [6, 6.07) is 0. The molecule has 6 heteroatoms. The molecular formula is C24H30N2O4. The summed E-state index contributed by atoms with van der Waals surface area (Å²) >= 11 is 0. The number of aryl methyl sites for hydroxylation is 2. The average Bonchev–Trinajstić information content (AvgIpc) is 3.45. The number of pyridine rings is 2. The van der Waals surface area contributed by atoms with Crippen LogP contribution in [-0.2, 0) is 38.5 Å². The number of hydrogen-bond donors (Lipinski definition) is 0. The van der Waals surface area contributed by atoms with Crippen molar-refractivity contribution in [2.24, 2.45) is 0 Å². The zero-order chi connectivity index (χ0) is 20.5. The molecule has 0 fully saturated rings. The standard InChI is InChI=1S/C24H30N2O4/c1-27-21-15-7-3-11-19(15)25-23(28-2)17(21)9-6-14-30-24-18-10-5-13-29-22(18)16-8-4-12-20(16)26-24/h3-14H2,1-2H3. The van der Waals surface area contributed by atoms with Crippen LogP contribution in [0.1, 0.15) is 59.3 Å². The Hall–Kier alpha value is -2.50. The molecule has 2 aromatic heterocycles. The van der Waals surface area contributed by atoms with Crippen molar-refractivity contribution < 1.29 is 18.9 Å². The molecule has 0 radical (unpaired) electrons. The quantitative estimate of drug-likeness (QED) is 0.647. The number of methoxy groups -OCH3 is 2. The van der Waals surface area contributed by atoms with E-state index in [-0.39, 0.29) is 0 Å². The van der Waals surface area contributed by atoms with E-state index in [0.29, 0.717) is 12.5 Å². The van der Waals surface area contributed by atoms with Crippen LogP contribution in [0.25, 0.3) is 0 Å². The van der Waals surface area contributed by atoms with Crippen molar-refractivity contribution in [1.29, 1.82) is 0 Å². The minimum Gasteiger partial charge on any atom is -0.496 e. The first-order valence-electron chi connectivity index (χ1n) is 11.2. The van der Waals surface area contributed by atoms with E-state index in [1.54, 1.807) is 14.2 Å². The molecule has 0 N–H and O–H groups in total.